The molecular weight excluding hydrogens is 619 g/mol. The lowest BCUT2D eigenvalue weighted by atomic mass is 9.73. The Kier molecular flexibility index (Phi) is 7.15. The second-order valence-electron chi connectivity index (χ2n) is 14.7. The zero-order valence-electron chi connectivity index (χ0n) is 29.6. The topological polar surface area (TPSA) is 9.72 Å². The molecule has 0 bridgehead atoms. The van der Waals surface area contributed by atoms with Crippen LogP contribution in [0.25, 0.3) is 0 Å². The van der Waals surface area contributed by atoms with Gasteiger partial charge in [0.25, 0.3) is 0 Å². The monoisotopic (exact) mass is 659 g/mol. The summed E-state index contributed by atoms with van der Waals surface area (Å²) in [7, 11) is 0. The minimum Gasteiger partial charge on any atom is -0.310 e. The molecular formula is C48H41N3. The first kappa shape index (κ1) is 31.0. The summed E-state index contributed by atoms with van der Waals surface area (Å²) >= 11 is 0. The highest BCUT2D eigenvalue weighted by Crippen LogP contribution is 2.56. The van der Waals surface area contributed by atoms with Gasteiger partial charge in [-0.05, 0) is 89.0 Å². The third kappa shape index (κ3) is 4.87. The van der Waals surface area contributed by atoms with Crippen LogP contribution in [0.15, 0.2) is 176 Å². The molecule has 0 fully saturated rings. The molecule has 0 N–H and O–H groups in total. The van der Waals surface area contributed by atoms with Gasteiger partial charge in [-0.3, -0.25) is 0 Å². The van der Waals surface area contributed by atoms with Crippen molar-refractivity contribution in [3.05, 3.63) is 198 Å². The van der Waals surface area contributed by atoms with Gasteiger partial charge in [-0.25, -0.2) is 0 Å². The van der Waals surface area contributed by atoms with Crippen LogP contribution < -0.4 is 14.7 Å². The van der Waals surface area contributed by atoms with Crippen molar-refractivity contribution in [1.29, 1.82) is 0 Å². The maximum Gasteiger partial charge on any atom is 0.0503 e. The molecule has 2 heterocycles. The molecule has 0 unspecified atom stereocenters. The molecule has 7 aromatic carbocycles. The number of benzene rings is 7. The van der Waals surface area contributed by atoms with Gasteiger partial charge < -0.3 is 14.7 Å². The largest absolute Gasteiger partial charge is 0.310 e. The first-order chi connectivity index (χ1) is 24.8. The van der Waals surface area contributed by atoms with Gasteiger partial charge in [0.15, 0.2) is 0 Å². The van der Waals surface area contributed by atoms with Crippen molar-refractivity contribution in [1.82, 2.24) is 0 Å². The molecule has 0 saturated heterocycles. The van der Waals surface area contributed by atoms with Gasteiger partial charge in [0, 0.05) is 22.2 Å². The number of rotatable bonds is 5. The molecule has 0 spiro atoms. The lowest BCUT2D eigenvalue weighted by molar-refractivity contribution is 0.631. The summed E-state index contributed by atoms with van der Waals surface area (Å²) < 4.78 is 0. The van der Waals surface area contributed by atoms with Crippen LogP contribution in [-0.4, -0.2) is 0 Å². The smallest absolute Gasteiger partial charge is 0.0503 e. The van der Waals surface area contributed by atoms with Gasteiger partial charge in [-0.15, -0.1) is 0 Å². The summed E-state index contributed by atoms with van der Waals surface area (Å²) in [5, 5.41) is 0. The fourth-order valence-electron chi connectivity index (χ4n) is 8.46. The Morgan fingerprint density at radius 1 is 0.333 bits per heavy atom. The van der Waals surface area contributed by atoms with Crippen LogP contribution in [0.1, 0.15) is 49.9 Å². The van der Waals surface area contributed by atoms with Crippen LogP contribution in [-0.2, 0) is 10.8 Å². The van der Waals surface area contributed by atoms with Crippen LogP contribution in [0.5, 0.6) is 0 Å². The van der Waals surface area contributed by atoms with Crippen molar-refractivity contribution < 1.29 is 0 Å². The number of fused-ring (bicyclic) bond motifs is 4. The second kappa shape index (κ2) is 11.8. The molecule has 0 atom stereocenters. The summed E-state index contributed by atoms with van der Waals surface area (Å²) in [6.07, 6.45) is 0. The Bertz CT molecular complexity index is 2130. The van der Waals surface area contributed by atoms with Gasteiger partial charge in [0.1, 0.15) is 0 Å². The molecule has 0 aliphatic carbocycles. The van der Waals surface area contributed by atoms with Crippen LogP contribution in [0.3, 0.4) is 0 Å². The fourth-order valence-corrected chi connectivity index (χ4v) is 8.46. The lowest BCUT2D eigenvalue weighted by Gasteiger charge is -2.44. The van der Waals surface area contributed by atoms with Gasteiger partial charge >= 0.3 is 0 Å². The normalized spacial score (nSPS) is 14.9. The zero-order valence-corrected chi connectivity index (χ0v) is 29.6. The van der Waals surface area contributed by atoms with E-state index >= 15 is 0 Å². The molecule has 51 heavy (non-hydrogen) atoms. The van der Waals surface area contributed by atoms with Crippen molar-refractivity contribution in [2.45, 2.75) is 38.5 Å². The minimum absolute atomic E-state index is 0.152. The predicted molar refractivity (Wildman–Crippen MR) is 215 cm³/mol. The molecule has 9 rings (SSSR count). The van der Waals surface area contributed by atoms with E-state index in [2.05, 4.69) is 218 Å². The van der Waals surface area contributed by atoms with Crippen molar-refractivity contribution in [3.63, 3.8) is 0 Å². The minimum atomic E-state index is -0.152. The average Bonchev–Trinajstić information content (AvgIpc) is 3.16. The highest BCUT2D eigenvalue weighted by Gasteiger charge is 2.39. The molecule has 7 aromatic rings. The van der Waals surface area contributed by atoms with Gasteiger partial charge in [0.2, 0.25) is 0 Å². The highest BCUT2D eigenvalue weighted by atomic mass is 15.2. The SMILES string of the molecule is CC1(C)c2ccccc2N(c2cc(N(c3ccccc3)c3ccccc3)cc(N3c4ccccc4C(C)(C)c4ccccc43)c2)c2ccccc21. The van der Waals surface area contributed by atoms with Crippen LogP contribution in [0, 0.1) is 0 Å². The molecule has 0 radical (unpaired) electrons. The third-order valence-electron chi connectivity index (χ3n) is 11.0. The predicted octanol–water partition coefficient (Wildman–Crippen LogP) is 13.4. The summed E-state index contributed by atoms with van der Waals surface area (Å²) in [6.45, 7) is 9.39. The van der Waals surface area contributed by atoms with E-state index in [-0.39, 0.29) is 10.8 Å². The van der Waals surface area contributed by atoms with Crippen molar-refractivity contribution in [2.75, 3.05) is 14.7 Å². The lowest BCUT2D eigenvalue weighted by Crippen LogP contribution is -2.31. The average molecular weight is 660 g/mol. The maximum atomic E-state index is 2.47. The number of anilines is 9. The molecule has 0 saturated carbocycles. The van der Waals surface area contributed by atoms with E-state index in [1.165, 1.54) is 45.0 Å². The standard InChI is InChI=1S/C48H41N3/c1-47(2)39-23-11-15-27-43(39)50(44-28-16-12-24-40(44)47)37-31-36(49(34-19-7-5-8-20-34)35-21-9-6-10-22-35)32-38(33-37)51-45-29-17-13-25-41(45)48(3,4)42-26-14-18-30-46(42)51/h5-33H,1-4H3. The van der Waals surface area contributed by atoms with E-state index in [1.807, 2.05) is 0 Å². The zero-order chi connectivity index (χ0) is 34.7. The Balaban J connectivity index is 1.37. The van der Waals surface area contributed by atoms with Gasteiger partial charge in [0.05, 0.1) is 39.8 Å². The first-order valence-corrected chi connectivity index (χ1v) is 17.9. The number of nitrogens with zero attached hydrogens (tertiary/aromatic N) is 3. The molecule has 3 heteroatoms. The van der Waals surface area contributed by atoms with Crippen molar-refractivity contribution in [2.24, 2.45) is 0 Å². The van der Waals surface area contributed by atoms with E-state index in [0.717, 1.165) is 28.4 Å². The van der Waals surface area contributed by atoms with E-state index in [0.29, 0.717) is 0 Å². The molecule has 2 aliphatic rings. The first-order valence-electron chi connectivity index (χ1n) is 17.9. The Hall–Kier alpha value is -6.06. The summed E-state index contributed by atoms with van der Waals surface area (Å²) in [4.78, 5) is 7.33. The van der Waals surface area contributed by atoms with Crippen molar-refractivity contribution >= 4 is 51.2 Å². The van der Waals surface area contributed by atoms with Gasteiger partial charge in [-0.2, -0.15) is 0 Å². The maximum absolute atomic E-state index is 2.47. The summed E-state index contributed by atoms with van der Waals surface area (Å²) in [6, 6.07) is 64.2. The summed E-state index contributed by atoms with van der Waals surface area (Å²) in [5.41, 5.74) is 15.3. The molecule has 2 aliphatic heterocycles. The van der Waals surface area contributed by atoms with Crippen LogP contribution in [0.2, 0.25) is 0 Å². The Morgan fingerprint density at radius 2 is 0.627 bits per heavy atom. The summed E-state index contributed by atoms with van der Waals surface area (Å²) in [5.74, 6) is 0. The van der Waals surface area contributed by atoms with E-state index in [1.54, 1.807) is 0 Å². The highest BCUT2D eigenvalue weighted by molar-refractivity contribution is 5.94. The molecule has 0 amide bonds. The van der Waals surface area contributed by atoms with E-state index < -0.39 is 0 Å². The quantitative estimate of drug-likeness (QED) is 0.182. The van der Waals surface area contributed by atoms with E-state index in [9.17, 15) is 0 Å². The second-order valence-corrected chi connectivity index (χ2v) is 14.7. The molecule has 0 aromatic heterocycles. The Morgan fingerprint density at radius 3 is 0.961 bits per heavy atom. The molecule has 3 nitrogen and oxygen atoms in total. The number of hydrogen-bond acceptors (Lipinski definition) is 3. The van der Waals surface area contributed by atoms with Crippen LogP contribution in [0.4, 0.5) is 51.2 Å². The number of hydrogen-bond donors (Lipinski definition) is 0. The van der Waals surface area contributed by atoms with Crippen molar-refractivity contribution in [3.8, 4) is 0 Å². The third-order valence-corrected chi connectivity index (χ3v) is 11.0. The number of para-hydroxylation sites is 6. The van der Waals surface area contributed by atoms with Crippen LogP contribution >= 0.6 is 0 Å². The fraction of sp³-hybridized carbons (Fsp3) is 0.125. The Labute approximate surface area is 301 Å². The van der Waals surface area contributed by atoms with E-state index in [4.69, 9.17) is 0 Å². The van der Waals surface area contributed by atoms with Gasteiger partial charge in [-0.1, -0.05) is 137 Å². The molecule has 248 valence electrons.